The van der Waals surface area contributed by atoms with Gasteiger partial charge in [0.15, 0.2) is 20.7 Å². The summed E-state index contributed by atoms with van der Waals surface area (Å²) < 4.78 is 65.6. The highest BCUT2D eigenvalue weighted by Gasteiger charge is 2.29. The summed E-state index contributed by atoms with van der Waals surface area (Å²) in [6.45, 7) is -0.840. The van der Waals surface area contributed by atoms with Crippen LogP contribution in [-0.4, -0.2) is 49.9 Å². The number of benzodiazepines with no additional fused rings is 1. The molecule has 0 saturated carbocycles. The molecule has 4 rings (SSSR count). The molecule has 1 aromatic heterocycles. The van der Waals surface area contributed by atoms with Crippen LogP contribution in [0.5, 0.6) is 0 Å². The predicted octanol–water partition coefficient (Wildman–Crippen LogP) is 2.25. The summed E-state index contributed by atoms with van der Waals surface area (Å²) in [6.07, 6.45) is -0.852. The number of aliphatic imine (C=N–C) groups is 1. The number of hydrogen-bond donors (Lipinski definition) is 3. The van der Waals surface area contributed by atoms with E-state index in [2.05, 4.69) is 20.6 Å². The van der Waals surface area contributed by atoms with Gasteiger partial charge in [-0.15, -0.1) is 0 Å². The van der Waals surface area contributed by atoms with Crippen molar-refractivity contribution in [3.63, 3.8) is 0 Å². The van der Waals surface area contributed by atoms with E-state index in [9.17, 15) is 31.2 Å². The predicted molar refractivity (Wildman–Crippen MR) is 125 cm³/mol. The molecule has 186 valence electrons. The first-order valence-electron chi connectivity index (χ1n) is 10.4. The lowest BCUT2D eigenvalue weighted by atomic mass is 10.0. The minimum Gasteiger partial charge on any atom is -0.371 e. The Labute approximate surface area is 203 Å². The number of hydrogen-bond acceptors (Lipinski definition) is 7. The molecule has 3 N–H and O–H groups in total. The standard InChI is InChI=1S/C23H18F3N5O4S/c1-36(34,35)23-17(25)19(16(24)20(26)31-23)27-11-15(32)29-21-22(33)28-14-10-6-5-9-13(14)18(30-21)12-7-3-2-4-8-12/h2-10,21H,11H2,1H3,(H,27,31)(H,28,33)(H,29,32)/t21-/m0/s1. The lowest BCUT2D eigenvalue weighted by molar-refractivity contribution is -0.125. The number of nitrogens with zero attached hydrogens (tertiary/aromatic N) is 2. The second-order valence-electron chi connectivity index (χ2n) is 7.69. The molecule has 0 radical (unpaired) electrons. The fourth-order valence-corrected chi connectivity index (χ4v) is 4.12. The SMILES string of the molecule is CS(=O)(=O)c1nc(F)c(F)c(NCC(=O)N[C@H]2N=C(c3ccccc3)c3ccccc3NC2=O)c1F. The van der Waals surface area contributed by atoms with Crippen LogP contribution >= 0.6 is 0 Å². The van der Waals surface area contributed by atoms with Crippen molar-refractivity contribution in [2.45, 2.75) is 11.2 Å². The number of pyridine rings is 1. The maximum Gasteiger partial charge on any atom is 0.269 e. The van der Waals surface area contributed by atoms with Gasteiger partial charge in [-0.1, -0.05) is 48.5 Å². The molecule has 0 bridgehead atoms. The fourth-order valence-electron chi connectivity index (χ4n) is 3.45. The number of amides is 2. The summed E-state index contributed by atoms with van der Waals surface area (Å²) in [6, 6.07) is 15.8. The lowest BCUT2D eigenvalue weighted by Gasteiger charge is -2.15. The number of carbonyl (C=O) groups excluding carboxylic acids is 2. The lowest BCUT2D eigenvalue weighted by Crippen LogP contribution is -2.44. The third-order valence-electron chi connectivity index (χ3n) is 5.08. The molecule has 2 aromatic carbocycles. The molecule has 3 aromatic rings. The number of para-hydroxylation sites is 1. The summed E-state index contributed by atoms with van der Waals surface area (Å²) in [5, 5.41) is 5.72. The Bertz CT molecular complexity index is 1500. The van der Waals surface area contributed by atoms with E-state index < -0.39 is 62.7 Å². The van der Waals surface area contributed by atoms with Gasteiger partial charge in [0.25, 0.3) is 11.9 Å². The summed E-state index contributed by atoms with van der Waals surface area (Å²) in [4.78, 5) is 32.5. The first kappa shape index (κ1) is 24.9. The highest BCUT2D eigenvalue weighted by molar-refractivity contribution is 7.90. The monoisotopic (exact) mass is 517 g/mol. The Balaban J connectivity index is 1.59. The number of rotatable bonds is 6. The normalized spacial score (nSPS) is 15.3. The number of sulfone groups is 1. The van der Waals surface area contributed by atoms with Crippen LogP contribution in [0.1, 0.15) is 11.1 Å². The number of nitrogens with one attached hydrogen (secondary N) is 3. The van der Waals surface area contributed by atoms with Gasteiger partial charge in [-0.3, -0.25) is 9.59 Å². The van der Waals surface area contributed by atoms with Crippen LogP contribution < -0.4 is 16.0 Å². The van der Waals surface area contributed by atoms with E-state index in [0.29, 0.717) is 28.8 Å². The van der Waals surface area contributed by atoms with E-state index in [1.165, 1.54) is 0 Å². The van der Waals surface area contributed by atoms with Gasteiger partial charge < -0.3 is 16.0 Å². The van der Waals surface area contributed by atoms with Crippen molar-refractivity contribution < 1.29 is 31.2 Å². The van der Waals surface area contributed by atoms with Gasteiger partial charge in [0.1, 0.15) is 5.69 Å². The van der Waals surface area contributed by atoms with Crippen LogP contribution in [0.4, 0.5) is 24.5 Å². The van der Waals surface area contributed by atoms with Gasteiger partial charge in [-0.05, 0) is 6.07 Å². The zero-order valence-electron chi connectivity index (χ0n) is 18.6. The fraction of sp³-hybridized carbons (Fsp3) is 0.130. The number of halogens is 3. The minimum absolute atomic E-state index is 0.411. The third kappa shape index (κ3) is 5.05. The molecule has 2 amide bonds. The van der Waals surface area contributed by atoms with Gasteiger partial charge in [0.2, 0.25) is 17.9 Å². The molecule has 9 nitrogen and oxygen atoms in total. The van der Waals surface area contributed by atoms with Crippen molar-refractivity contribution in [2.75, 3.05) is 23.4 Å². The summed E-state index contributed by atoms with van der Waals surface area (Å²) in [7, 11) is -4.33. The number of anilines is 2. The molecule has 1 atom stereocenters. The van der Waals surface area contributed by atoms with E-state index in [1.54, 1.807) is 54.6 Å². The van der Waals surface area contributed by atoms with Gasteiger partial charge in [-0.2, -0.15) is 8.78 Å². The maximum atomic E-state index is 14.5. The van der Waals surface area contributed by atoms with E-state index in [-0.39, 0.29) is 0 Å². The van der Waals surface area contributed by atoms with Gasteiger partial charge in [0.05, 0.1) is 17.9 Å². The van der Waals surface area contributed by atoms with Crippen LogP contribution in [0.2, 0.25) is 0 Å². The molecular weight excluding hydrogens is 499 g/mol. The number of benzene rings is 2. The van der Waals surface area contributed by atoms with Crippen molar-refractivity contribution in [3.05, 3.63) is 83.3 Å². The summed E-state index contributed by atoms with van der Waals surface area (Å²) >= 11 is 0. The molecule has 0 unspecified atom stereocenters. The molecule has 0 aliphatic carbocycles. The van der Waals surface area contributed by atoms with Gasteiger partial charge in [0, 0.05) is 17.4 Å². The molecule has 1 aliphatic heterocycles. The Hall–Kier alpha value is -4.26. The summed E-state index contributed by atoms with van der Waals surface area (Å²) in [5.74, 6) is -6.96. The largest absolute Gasteiger partial charge is 0.371 e. The zero-order valence-corrected chi connectivity index (χ0v) is 19.4. The van der Waals surface area contributed by atoms with Crippen molar-refractivity contribution in [1.29, 1.82) is 0 Å². The Morgan fingerprint density at radius 1 is 1.03 bits per heavy atom. The second-order valence-corrected chi connectivity index (χ2v) is 9.62. The molecule has 0 saturated heterocycles. The van der Waals surface area contributed by atoms with Crippen LogP contribution in [-0.2, 0) is 19.4 Å². The Kier molecular flexibility index (Phi) is 6.75. The average Bonchev–Trinajstić information content (AvgIpc) is 2.97. The van der Waals surface area contributed by atoms with E-state index in [1.807, 2.05) is 5.32 Å². The number of aromatic nitrogens is 1. The highest BCUT2D eigenvalue weighted by Crippen LogP contribution is 2.26. The number of fused-ring (bicyclic) bond motifs is 1. The Morgan fingerprint density at radius 3 is 2.39 bits per heavy atom. The highest BCUT2D eigenvalue weighted by atomic mass is 32.2. The van der Waals surface area contributed by atoms with Crippen LogP contribution in [0, 0.1) is 17.6 Å². The molecule has 36 heavy (non-hydrogen) atoms. The summed E-state index contributed by atoms with van der Waals surface area (Å²) in [5.41, 5.74) is 0.961. The van der Waals surface area contributed by atoms with Crippen LogP contribution in [0.25, 0.3) is 0 Å². The second kappa shape index (κ2) is 9.77. The maximum absolute atomic E-state index is 14.5. The zero-order chi connectivity index (χ0) is 26.0. The smallest absolute Gasteiger partial charge is 0.269 e. The minimum atomic E-state index is -4.33. The molecule has 1 aliphatic rings. The molecule has 0 spiro atoms. The first-order valence-corrected chi connectivity index (χ1v) is 12.3. The molecule has 0 fully saturated rings. The van der Waals surface area contributed by atoms with E-state index in [0.717, 1.165) is 0 Å². The Morgan fingerprint density at radius 2 is 1.69 bits per heavy atom. The van der Waals surface area contributed by atoms with Crippen molar-refractivity contribution in [1.82, 2.24) is 10.3 Å². The van der Waals surface area contributed by atoms with E-state index in [4.69, 9.17) is 0 Å². The van der Waals surface area contributed by atoms with Crippen molar-refractivity contribution in [3.8, 4) is 0 Å². The molecule has 13 heteroatoms. The van der Waals surface area contributed by atoms with Crippen molar-refractivity contribution in [2.24, 2.45) is 4.99 Å². The number of carbonyl (C=O) groups is 2. The van der Waals surface area contributed by atoms with Crippen LogP contribution in [0.15, 0.2) is 64.6 Å². The average molecular weight is 517 g/mol. The molecular formula is C23H18F3N5O4S. The topological polar surface area (TPSA) is 130 Å². The first-order chi connectivity index (χ1) is 17.1. The molecule has 2 heterocycles. The third-order valence-corrected chi connectivity index (χ3v) is 6.05. The van der Waals surface area contributed by atoms with Crippen molar-refractivity contribution >= 4 is 38.7 Å². The van der Waals surface area contributed by atoms with Gasteiger partial charge >= 0.3 is 0 Å². The van der Waals surface area contributed by atoms with E-state index >= 15 is 0 Å². The van der Waals surface area contributed by atoms with Gasteiger partial charge in [-0.25, -0.2) is 22.8 Å². The quantitative estimate of drug-likeness (QED) is 0.430. The van der Waals surface area contributed by atoms with Crippen LogP contribution in [0.3, 0.4) is 0 Å².